The zero-order chi connectivity index (χ0) is 14.0. The fourth-order valence-corrected chi connectivity index (χ4v) is 2.04. The average Bonchev–Trinajstić information content (AvgIpc) is 2.34. The molecule has 1 N–H and O–H groups in total. The minimum Gasteiger partial charge on any atom is -0.353 e. The third-order valence-corrected chi connectivity index (χ3v) is 2.78. The largest absolute Gasteiger partial charge is 0.353 e. The lowest BCUT2D eigenvalue weighted by molar-refractivity contribution is 0.509. The molecule has 0 atom stereocenters. The molecule has 19 heavy (non-hydrogen) atoms. The topological polar surface area (TPSA) is 35.8 Å². The van der Waals surface area contributed by atoms with Crippen LogP contribution in [-0.4, -0.2) is 0 Å². The molecule has 2 aromatic carbocycles. The van der Waals surface area contributed by atoms with Crippen LogP contribution in [0.4, 0.5) is 20.2 Å². The van der Waals surface area contributed by atoms with Gasteiger partial charge in [0, 0.05) is 15.7 Å². The van der Waals surface area contributed by atoms with Crippen molar-refractivity contribution >= 4 is 34.6 Å². The predicted molar refractivity (Wildman–Crippen MR) is 70.8 cm³/mol. The van der Waals surface area contributed by atoms with E-state index in [1.165, 1.54) is 30.3 Å². The number of anilines is 2. The molecule has 0 aliphatic heterocycles. The molecule has 0 saturated heterocycles. The highest BCUT2D eigenvalue weighted by atomic mass is 35.5. The van der Waals surface area contributed by atoms with Crippen molar-refractivity contribution in [1.82, 2.24) is 0 Å². The summed E-state index contributed by atoms with van der Waals surface area (Å²) >= 11 is 11.6. The Hall–Kier alpha value is -1.83. The molecule has 0 aliphatic rings. The van der Waals surface area contributed by atoms with Gasteiger partial charge in [-0.3, -0.25) is 0 Å². The van der Waals surface area contributed by atoms with Crippen molar-refractivity contribution in [2.24, 2.45) is 0 Å². The van der Waals surface area contributed by atoms with E-state index in [4.69, 9.17) is 28.5 Å². The summed E-state index contributed by atoms with van der Waals surface area (Å²) in [5.74, 6) is -2.32. The fourth-order valence-electron chi connectivity index (χ4n) is 1.51. The summed E-state index contributed by atoms with van der Waals surface area (Å²) in [6.07, 6.45) is 0. The maximum absolute atomic E-state index is 13.7. The average molecular weight is 299 g/mol. The maximum Gasteiger partial charge on any atom is 0.183 e. The molecule has 0 radical (unpaired) electrons. The number of benzene rings is 2. The molecule has 96 valence electrons. The van der Waals surface area contributed by atoms with Crippen LogP contribution < -0.4 is 5.32 Å². The third kappa shape index (κ3) is 2.95. The van der Waals surface area contributed by atoms with Crippen LogP contribution in [-0.2, 0) is 0 Å². The lowest BCUT2D eigenvalue weighted by Gasteiger charge is -2.09. The second-order valence-corrected chi connectivity index (χ2v) is 4.56. The van der Waals surface area contributed by atoms with Crippen molar-refractivity contribution in [2.75, 3.05) is 5.32 Å². The first kappa shape index (κ1) is 13.6. The Morgan fingerprint density at radius 2 is 1.63 bits per heavy atom. The molecule has 0 bridgehead atoms. The molecule has 2 nitrogen and oxygen atoms in total. The number of nitrogens with one attached hydrogen (secondary N) is 1. The molecule has 0 amide bonds. The van der Waals surface area contributed by atoms with Crippen LogP contribution in [0.25, 0.3) is 0 Å². The predicted octanol–water partition coefficient (Wildman–Crippen LogP) is 4.89. The SMILES string of the molecule is N#Cc1ccc(Nc2cc(Cl)cc(Cl)c2)c(F)c1F. The summed E-state index contributed by atoms with van der Waals surface area (Å²) in [6.45, 7) is 0. The van der Waals surface area contributed by atoms with Gasteiger partial charge in [0.2, 0.25) is 0 Å². The zero-order valence-corrected chi connectivity index (χ0v) is 10.9. The fraction of sp³-hybridized carbons (Fsp3) is 0. The van der Waals surface area contributed by atoms with E-state index in [0.717, 1.165) is 0 Å². The van der Waals surface area contributed by atoms with Crippen molar-refractivity contribution in [1.29, 1.82) is 5.26 Å². The molecule has 0 fully saturated rings. The summed E-state index contributed by atoms with van der Waals surface area (Å²) in [5.41, 5.74) is -0.0393. The molecule has 6 heteroatoms. The summed E-state index contributed by atoms with van der Waals surface area (Å²) < 4.78 is 27.1. The van der Waals surface area contributed by atoms with Crippen molar-refractivity contribution in [3.8, 4) is 6.07 Å². The molecular formula is C13H6Cl2F2N2. The van der Waals surface area contributed by atoms with Crippen LogP contribution in [0.5, 0.6) is 0 Å². The number of nitriles is 1. The van der Waals surface area contributed by atoms with Gasteiger partial charge in [-0.1, -0.05) is 23.2 Å². The molecule has 0 unspecified atom stereocenters. The molecule has 0 spiro atoms. The second-order valence-electron chi connectivity index (χ2n) is 3.68. The van der Waals surface area contributed by atoms with Crippen molar-refractivity contribution < 1.29 is 8.78 Å². The van der Waals surface area contributed by atoms with E-state index in [-0.39, 0.29) is 11.3 Å². The van der Waals surface area contributed by atoms with Gasteiger partial charge in [0.05, 0.1) is 11.3 Å². The second kappa shape index (κ2) is 5.43. The molecule has 0 aromatic heterocycles. The first-order valence-electron chi connectivity index (χ1n) is 5.12. The van der Waals surface area contributed by atoms with Crippen molar-refractivity contribution in [3.63, 3.8) is 0 Å². The summed E-state index contributed by atoms with van der Waals surface area (Å²) in [4.78, 5) is 0. The normalized spacial score (nSPS) is 10.1. The highest BCUT2D eigenvalue weighted by molar-refractivity contribution is 6.35. The summed E-state index contributed by atoms with van der Waals surface area (Å²) in [6, 6.07) is 8.57. The Labute approximate surface area is 118 Å². The smallest absolute Gasteiger partial charge is 0.183 e. The maximum atomic E-state index is 13.7. The van der Waals surface area contributed by atoms with E-state index in [2.05, 4.69) is 5.32 Å². The van der Waals surface area contributed by atoms with Gasteiger partial charge in [0.25, 0.3) is 0 Å². The Morgan fingerprint density at radius 1 is 1.00 bits per heavy atom. The highest BCUT2D eigenvalue weighted by Crippen LogP contribution is 2.28. The van der Waals surface area contributed by atoms with Crippen LogP contribution in [0.2, 0.25) is 10.0 Å². The van der Waals surface area contributed by atoms with Crippen LogP contribution in [0.15, 0.2) is 30.3 Å². The van der Waals surface area contributed by atoms with E-state index >= 15 is 0 Å². The van der Waals surface area contributed by atoms with Gasteiger partial charge in [-0.05, 0) is 30.3 Å². The van der Waals surface area contributed by atoms with Gasteiger partial charge in [0.15, 0.2) is 11.6 Å². The molecular weight excluding hydrogens is 293 g/mol. The summed E-state index contributed by atoms with van der Waals surface area (Å²) in [7, 11) is 0. The molecule has 2 rings (SSSR count). The first-order chi connectivity index (χ1) is 9.01. The van der Waals surface area contributed by atoms with Gasteiger partial charge >= 0.3 is 0 Å². The molecule has 0 heterocycles. The van der Waals surface area contributed by atoms with E-state index < -0.39 is 11.6 Å². The van der Waals surface area contributed by atoms with Gasteiger partial charge in [-0.15, -0.1) is 0 Å². The molecule has 0 aliphatic carbocycles. The number of rotatable bonds is 2. The van der Waals surface area contributed by atoms with Gasteiger partial charge in [-0.2, -0.15) is 5.26 Å². The quantitative estimate of drug-likeness (QED) is 0.857. The van der Waals surface area contributed by atoms with Crippen LogP contribution in [0.3, 0.4) is 0 Å². The van der Waals surface area contributed by atoms with E-state index in [9.17, 15) is 8.78 Å². The van der Waals surface area contributed by atoms with Crippen molar-refractivity contribution in [2.45, 2.75) is 0 Å². The third-order valence-electron chi connectivity index (χ3n) is 2.34. The number of nitrogens with zero attached hydrogens (tertiary/aromatic N) is 1. The standard InChI is InChI=1S/C13H6Cl2F2N2/c14-8-3-9(15)5-10(4-8)19-11-2-1-7(6-18)12(16)13(11)17/h1-5,19H. The van der Waals surface area contributed by atoms with Gasteiger partial charge in [0.1, 0.15) is 6.07 Å². The van der Waals surface area contributed by atoms with Crippen LogP contribution in [0, 0.1) is 23.0 Å². The Bertz CT molecular complexity index is 661. The molecule has 0 saturated carbocycles. The van der Waals surface area contributed by atoms with Crippen LogP contribution >= 0.6 is 23.2 Å². The lowest BCUT2D eigenvalue weighted by Crippen LogP contribution is -1.98. The minimum atomic E-state index is -1.19. The number of hydrogen-bond acceptors (Lipinski definition) is 2. The molecule has 2 aromatic rings. The van der Waals surface area contributed by atoms with Gasteiger partial charge in [-0.25, -0.2) is 8.78 Å². The Morgan fingerprint density at radius 3 is 2.21 bits per heavy atom. The number of hydrogen-bond donors (Lipinski definition) is 1. The van der Waals surface area contributed by atoms with E-state index in [0.29, 0.717) is 15.7 Å². The van der Waals surface area contributed by atoms with E-state index in [1.807, 2.05) is 0 Å². The minimum absolute atomic E-state index is 0.102. The zero-order valence-electron chi connectivity index (χ0n) is 9.35. The first-order valence-corrected chi connectivity index (χ1v) is 5.88. The van der Waals surface area contributed by atoms with Crippen LogP contribution in [0.1, 0.15) is 5.56 Å². The van der Waals surface area contributed by atoms with Gasteiger partial charge < -0.3 is 5.32 Å². The summed E-state index contributed by atoms with van der Waals surface area (Å²) in [5, 5.41) is 12.0. The lowest BCUT2D eigenvalue weighted by atomic mass is 10.2. The number of halogens is 4. The highest BCUT2D eigenvalue weighted by Gasteiger charge is 2.13. The Balaban J connectivity index is 2.39. The monoisotopic (exact) mass is 298 g/mol. The Kier molecular flexibility index (Phi) is 3.89. The van der Waals surface area contributed by atoms with Crippen molar-refractivity contribution in [3.05, 3.63) is 57.6 Å². The van der Waals surface area contributed by atoms with E-state index in [1.54, 1.807) is 6.07 Å².